The third-order valence-electron chi connectivity index (χ3n) is 5.76. The van der Waals surface area contributed by atoms with Crippen LogP contribution in [0.3, 0.4) is 0 Å². The first-order valence-electron chi connectivity index (χ1n) is 11.2. The monoisotopic (exact) mass is 476 g/mol. The summed E-state index contributed by atoms with van der Waals surface area (Å²) in [6.07, 6.45) is 0.701. The Morgan fingerprint density at radius 1 is 1.00 bits per heavy atom. The summed E-state index contributed by atoms with van der Waals surface area (Å²) < 4.78 is 28.2. The number of hydrogen-bond donors (Lipinski definition) is 1. The molecule has 34 heavy (non-hydrogen) atoms. The number of carbonyl (C=O) groups excluding carboxylic acids is 1. The zero-order valence-corrected chi connectivity index (χ0v) is 20.3. The van der Waals surface area contributed by atoms with Gasteiger partial charge in [-0.1, -0.05) is 48.5 Å². The molecule has 4 rings (SSSR count). The Hall–Kier alpha value is -3.49. The largest absolute Gasteiger partial charge is 0.328 e. The van der Waals surface area contributed by atoms with Crippen molar-refractivity contribution >= 4 is 32.7 Å². The molecule has 0 radical (unpaired) electrons. The highest BCUT2D eigenvalue weighted by Gasteiger charge is 2.20. The Labute approximate surface area is 200 Å². The van der Waals surface area contributed by atoms with Gasteiger partial charge in [0.1, 0.15) is 5.82 Å². The number of anilines is 1. The molecule has 0 aliphatic rings. The molecule has 1 N–H and O–H groups in total. The number of carbonyl (C=O) groups is 1. The molecule has 0 atom stereocenters. The highest BCUT2D eigenvalue weighted by molar-refractivity contribution is 7.89. The van der Waals surface area contributed by atoms with Gasteiger partial charge in [0.2, 0.25) is 15.9 Å². The molecule has 8 heteroatoms. The van der Waals surface area contributed by atoms with Crippen molar-refractivity contribution in [3.05, 3.63) is 78.6 Å². The normalized spacial score (nSPS) is 11.8. The number of nitrogens with zero attached hydrogens (tertiary/aromatic N) is 3. The van der Waals surface area contributed by atoms with E-state index in [0.29, 0.717) is 18.5 Å². The van der Waals surface area contributed by atoms with Crippen LogP contribution >= 0.6 is 0 Å². The summed E-state index contributed by atoms with van der Waals surface area (Å²) in [5.74, 6) is 0.650. The maximum atomic E-state index is 12.8. The van der Waals surface area contributed by atoms with Crippen LogP contribution in [0.15, 0.2) is 77.7 Å². The van der Waals surface area contributed by atoms with Crippen LogP contribution in [0.2, 0.25) is 0 Å². The first-order valence-corrected chi connectivity index (χ1v) is 12.6. The highest BCUT2D eigenvalue weighted by Crippen LogP contribution is 2.28. The van der Waals surface area contributed by atoms with Crippen LogP contribution < -0.4 is 5.32 Å². The lowest BCUT2D eigenvalue weighted by molar-refractivity contribution is -0.116. The van der Waals surface area contributed by atoms with Crippen LogP contribution in [0.25, 0.3) is 22.2 Å². The van der Waals surface area contributed by atoms with Crippen molar-refractivity contribution in [2.45, 2.75) is 31.2 Å². The summed E-state index contributed by atoms with van der Waals surface area (Å²) in [6.45, 7) is 2.68. The van der Waals surface area contributed by atoms with Gasteiger partial charge in [-0.2, -0.15) is 0 Å². The van der Waals surface area contributed by atoms with Crippen LogP contribution in [-0.4, -0.2) is 42.3 Å². The SMILES string of the molecule is CCn1c(CCC(=O)Nc2ccccc2-c2ccccc2)nc2cc(S(=O)(=O)N(C)C)ccc21. The quantitative estimate of drug-likeness (QED) is 0.405. The molecule has 0 unspecified atom stereocenters. The summed E-state index contributed by atoms with van der Waals surface area (Å²) in [4.78, 5) is 17.7. The first kappa shape index (κ1) is 23.7. The van der Waals surface area contributed by atoms with Crippen LogP contribution in [0.1, 0.15) is 19.2 Å². The van der Waals surface area contributed by atoms with Crippen molar-refractivity contribution in [2.75, 3.05) is 19.4 Å². The number of aryl methyl sites for hydroxylation is 2. The molecule has 1 aromatic heterocycles. The maximum absolute atomic E-state index is 12.8. The van der Waals surface area contributed by atoms with Crippen molar-refractivity contribution in [1.29, 1.82) is 0 Å². The third-order valence-corrected chi connectivity index (χ3v) is 7.57. The van der Waals surface area contributed by atoms with E-state index < -0.39 is 10.0 Å². The standard InChI is InChI=1S/C26H28N4O3S/c1-4-30-24-15-14-20(34(32,33)29(2)3)18-23(24)27-25(30)16-17-26(31)28-22-13-9-8-12-21(22)19-10-6-5-7-11-19/h5-15,18H,4,16-17H2,1-3H3,(H,28,31). The minimum absolute atomic E-state index is 0.103. The molecule has 176 valence electrons. The third kappa shape index (κ3) is 4.73. The van der Waals surface area contributed by atoms with Crippen molar-refractivity contribution in [1.82, 2.24) is 13.9 Å². The Bertz CT molecular complexity index is 1430. The van der Waals surface area contributed by atoms with Crippen molar-refractivity contribution in [2.24, 2.45) is 0 Å². The number of fused-ring (bicyclic) bond motifs is 1. The molecule has 7 nitrogen and oxygen atoms in total. The summed E-state index contributed by atoms with van der Waals surface area (Å²) in [5.41, 5.74) is 4.22. The van der Waals surface area contributed by atoms with E-state index in [2.05, 4.69) is 10.3 Å². The molecule has 1 heterocycles. The number of nitrogens with one attached hydrogen (secondary N) is 1. The lowest BCUT2D eigenvalue weighted by Gasteiger charge is -2.12. The zero-order valence-electron chi connectivity index (χ0n) is 19.5. The molecule has 0 fully saturated rings. The molecular formula is C26H28N4O3S. The van der Waals surface area contributed by atoms with Gasteiger partial charge in [0.05, 0.1) is 15.9 Å². The number of imidazole rings is 1. The average Bonchev–Trinajstić information content (AvgIpc) is 3.20. The lowest BCUT2D eigenvalue weighted by atomic mass is 10.0. The molecule has 0 spiro atoms. The second-order valence-corrected chi connectivity index (χ2v) is 10.3. The Morgan fingerprint density at radius 3 is 2.41 bits per heavy atom. The van der Waals surface area contributed by atoms with E-state index in [1.807, 2.05) is 66.1 Å². The predicted octanol–water partition coefficient (Wildman–Crippen LogP) is 4.54. The van der Waals surface area contributed by atoms with Gasteiger partial charge in [0.15, 0.2) is 0 Å². The minimum Gasteiger partial charge on any atom is -0.328 e. The van der Waals surface area contributed by atoms with Gasteiger partial charge in [-0.25, -0.2) is 17.7 Å². The van der Waals surface area contributed by atoms with Crippen LogP contribution in [-0.2, 0) is 27.8 Å². The number of rotatable bonds is 8. The van der Waals surface area contributed by atoms with E-state index in [9.17, 15) is 13.2 Å². The van der Waals surface area contributed by atoms with E-state index in [0.717, 1.165) is 28.2 Å². The van der Waals surface area contributed by atoms with Gasteiger partial charge in [0, 0.05) is 44.7 Å². The molecule has 4 aromatic rings. The van der Waals surface area contributed by atoms with Gasteiger partial charge in [-0.3, -0.25) is 4.79 Å². The lowest BCUT2D eigenvalue weighted by Crippen LogP contribution is -2.22. The van der Waals surface area contributed by atoms with Crippen LogP contribution in [0, 0.1) is 0 Å². The number of amides is 1. The van der Waals surface area contributed by atoms with Crippen LogP contribution in [0.4, 0.5) is 5.69 Å². The van der Waals surface area contributed by atoms with Gasteiger partial charge in [0.25, 0.3) is 0 Å². The van der Waals surface area contributed by atoms with Gasteiger partial charge >= 0.3 is 0 Å². The Kier molecular flexibility index (Phi) is 6.81. The minimum atomic E-state index is -3.55. The number of para-hydroxylation sites is 1. The molecule has 0 bridgehead atoms. The number of sulfonamides is 1. The number of hydrogen-bond acceptors (Lipinski definition) is 4. The molecular weight excluding hydrogens is 448 g/mol. The molecule has 1 amide bonds. The smallest absolute Gasteiger partial charge is 0.242 e. The summed E-state index contributed by atoms with van der Waals surface area (Å²) in [6, 6.07) is 22.6. The van der Waals surface area contributed by atoms with Crippen molar-refractivity contribution < 1.29 is 13.2 Å². The maximum Gasteiger partial charge on any atom is 0.242 e. The molecule has 0 saturated heterocycles. The fourth-order valence-corrected chi connectivity index (χ4v) is 4.90. The highest BCUT2D eigenvalue weighted by atomic mass is 32.2. The van der Waals surface area contributed by atoms with Gasteiger partial charge < -0.3 is 9.88 Å². The van der Waals surface area contributed by atoms with Crippen molar-refractivity contribution in [3.8, 4) is 11.1 Å². The van der Waals surface area contributed by atoms with Gasteiger partial charge in [-0.05, 0) is 36.8 Å². The number of aromatic nitrogens is 2. The summed E-state index contributed by atoms with van der Waals surface area (Å²) in [5, 5.41) is 3.03. The molecule has 0 aliphatic carbocycles. The van der Waals surface area contributed by atoms with E-state index in [1.165, 1.54) is 18.4 Å². The zero-order chi connectivity index (χ0) is 24.3. The van der Waals surface area contributed by atoms with E-state index in [-0.39, 0.29) is 17.2 Å². The second-order valence-electron chi connectivity index (χ2n) is 8.17. The van der Waals surface area contributed by atoms with Crippen LogP contribution in [0.5, 0.6) is 0 Å². The Balaban J connectivity index is 1.53. The molecule has 0 aliphatic heterocycles. The van der Waals surface area contributed by atoms with E-state index in [4.69, 9.17) is 0 Å². The number of benzene rings is 3. The second kappa shape index (κ2) is 9.79. The fourth-order valence-electron chi connectivity index (χ4n) is 3.97. The first-order chi connectivity index (χ1) is 16.3. The Morgan fingerprint density at radius 2 is 1.71 bits per heavy atom. The molecule has 0 saturated carbocycles. The summed E-state index contributed by atoms with van der Waals surface area (Å²) in [7, 11) is -0.538. The van der Waals surface area contributed by atoms with E-state index in [1.54, 1.807) is 18.2 Å². The van der Waals surface area contributed by atoms with E-state index >= 15 is 0 Å². The predicted molar refractivity (Wildman–Crippen MR) is 135 cm³/mol. The average molecular weight is 477 g/mol. The summed E-state index contributed by atoms with van der Waals surface area (Å²) >= 11 is 0. The topological polar surface area (TPSA) is 84.3 Å². The van der Waals surface area contributed by atoms with Crippen molar-refractivity contribution in [3.63, 3.8) is 0 Å². The fraction of sp³-hybridized carbons (Fsp3) is 0.231. The molecule has 3 aromatic carbocycles. The van der Waals surface area contributed by atoms with Gasteiger partial charge in [-0.15, -0.1) is 0 Å².